The van der Waals surface area contributed by atoms with Crippen LogP contribution in [0.3, 0.4) is 0 Å². The molecule has 102 valence electrons. The highest BCUT2D eigenvalue weighted by atomic mass is 79.9. The Kier molecular flexibility index (Phi) is 5.72. The van der Waals surface area contributed by atoms with Gasteiger partial charge in [-0.15, -0.1) is 11.3 Å². The highest BCUT2D eigenvalue weighted by Gasteiger charge is 2.16. The van der Waals surface area contributed by atoms with Crippen molar-refractivity contribution in [2.75, 3.05) is 6.54 Å². The summed E-state index contributed by atoms with van der Waals surface area (Å²) in [6.45, 7) is 3.01. The Morgan fingerprint density at radius 3 is 2.53 bits per heavy atom. The molecule has 0 fully saturated rings. The van der Waals surface area contributed by atoms with Gasteiger partial charge < -0.3 is 5.32 Å². The number of hydrogen-bond acceptors (Lipinski definition) is 2. The third-order valence-electron chi connectivity index (χ3n) is 2.85. The molecule has 0 amide bonds. The number of likely N-dealkylation sites (N-methyl/N-ethyl adjacent to an activating group) is 1. The average Bonchev–Trinajstić information content (AvgIpc) is 2.79. The van der Waals surface area contributed by atoms with Crippen LogP contribution in [0, 0.1) is 0 Å². The standard InChI is InChI=1S/C14H14BrCl2NS/c1-2-18-13(14-6-9(15)8-19-14)7-10-11(16)4-3-5-12(10)17/h3-6,8,13,18H,2,7H2,1H3. The smallest absolute Gasteiger partial charge is 0.0457 e. The second kappa shape index (κ2) is 7.09. The van der Waals surface area contributed by atoms with Crippen molar-refractivity contribution >= 4 is 50.5 Å². The van der Waals surface area contributed by atoms with Gasteiger partial charge in [-0.3, -0.25) is 0 Å². The van der Waals surface area contributed by atoms with Crippen molar-refractivity contribution in [3.8, 4) is 0 Å². The van der Waals surface area contributed by atoms with Gasteiger partial charge in [0.15, 0.2) is 0 Å². The van der Waals surface area contributed by atoms with Gasteiger partial charge in [0, 0.05) is 30.8 Å². The number of halogens is 3. The Balaban J connectivity index is 2.26. The van der Waals surface area contributed by atoms with Crippen LogP contribution in [-0.4, -0.2) is 6.54 Å². The van der Waals surface area contributed by atoms with Crippen LogP contribution in [0.15, 0.2) is 34.1 Å². The SMILES string of the molecule is CCNC(Cc1c(Cl)cccc1Cl)c1cc(Br)cs1. The van der Waals surface area contributed by atoms with Gasteiger partial charge in [0.2, 0.25) is 0 Å². The first kappa shape index (κ1) is 15.3. The summed E-state index contributed by atoms with van der Waals surface area (Å²) >= 11 is 17.7. The monoisotopic (exact) mass is 377 g/mol. The number of thiophene rings is 1. The predicted octanol–water partition coefficient (Wildman–Crippen LogP) is 5.71. The molecule has 0 aliphatic rings. The van der Waals surface area contributed by atoms with Gasteiger partial charge in [0.1, 0.15) is 0 Å². The van der Waals surface area contributed by atoms with E-state index in [-0.39, 0.29) is 6.04 Å². The first-order valence-corrected chi connectivity index (χ1v) is 8.45. The van der Waals surface area contributed by atoms with E-state index in [2.05, 4.69) is 39.6 Å². The molecule has 1 N–H and O–H groups in total. The van der Waals surface area contributed by atoms with Gasteiger partial charge >= 0.3 is 0 Å². The molecule has 2 rings (SSSR count). The van der Waals surface area contributed by atoms with E-state index >= 15 is 0 Å². The Morgan fingerprint density at radius 1 is 1.32 bits per heavy atom. The zero-order chi connectivity index (χ0) is 13.8. The molecule has 0 saturated carbocycles. The van der Waals surface area contributed by atoms with E-state index in [0.29, 0.717) is 0 Å². The van der Waals surface area contributed by atoms with Crippen LogP contribution >= 0.6 is 50.5 Å². The normalized spacial score (nSPS) is 12.6. The number of hydrogen-bond donors (Lipinski definition) is 1. The summed E-state index contributed by atoms with van der Waals surface area (Å²) in [5.74, 6) is 0. The summed E-state index contributed by atoms with van der Waals surface area (Å²) in [5, 5.41) is 7.03. The molecule has 0 bridgehead atoms. The van der Waals surface area contributed by atoms with Gasteiger partial charge in [-0.1, -0.05) is 36.2 Å². The molecular formula is C14H14BrCl2NS. The van der Waals surface area contributed by atoms with Gasteiger partial charge in [0.25, 0.3) is 0 Å². The van der Waals surface area contributed by atoms with Crippen molar-refractivity contribution in [1.29, 1.82) is 0 Å². The molecular weight excluding hydrogens is 365 g/mol. The number of benzene rings is 1. The van der Waals surface area contributed by atoms with Crippen molar-refractivity contribution < 1.29 is 0 Å². The molecule has 1 aromatic heterocycles. The second-order valence-electron chi connectivity index (χ2n) is 4.18. The number of rotatable bonds is 5. The molecule has 19 heavy (non-hydrogen) atoms. The lowest BCUT2D eigenvalue weighted by Crippen LogP contribution is -2.22. The molecule has 1 atom stereocenters. The van der Waals surface area contributed by atoms with E-state index in [4.69, 9.17) is 23.2 Å². The van der Waals surface area contributed by atoms with Crippen LogP contribution in [0.1, 0.15) is 23.4 Å². The van der Waals surface area contributed by atoms with Crippen LogP contribution in [0.25, 0.3) is 0 Å². The van der Waals surface area contributed by atoms with Crippen molar-refractivity contribution in [2.24, 2.45) is 0 Å². The van der Waals surface area contributed by atoms with E-state index in [9.17, 15) is 0 Å². The van der Waals surface area contributed by atoms with Gasteiger partial charge in [0.05, 0.1) is 0 Å². The molecule has 0 spiro atoms. The highest BCUT2D eigenvalue weighted by Crippen LogP contribution is 2.32. The third-order valence-corrected chi connectivity index (χ3v) is 5.37. The fourth-order valence-corrected chi connectivity index (χ4v) is 4.04. The second-order valence-corrected chi connectivity index (χ2v) is 6.85. The van der Waals surface area contributed by atoms with Crippen molar-refractivity contribution in [2.45, 2.75) is 19.4 Å². The minimum atomic E-state index is 0.235. The van der Waals surface area contributed by atoms with Gasteiger partial charge in [-0.2, -0.15) is 0 Å². The summed E-state index contributed by atoms with van der Waals surface area (Å²) in [5.41, 5.74) is 1.00. The van der Waals surface area contributed by atoms with Crippen molar-refractivity contribution in [1.82, 2.24) is 5.32 Å². The molecule has 1 unspecified atom stereocenters. The molecule has 1 aromatic carbocycles. The molecule has 0 aliphatic carbocycles. The van der Waals surface area contributed by atoms with E-state index in [0.717, 1.165) is 33.0 Å². The van der Waals surface area contributed by atoms with Gasteiger partial charge in [-0.05, 0) is 52.7 Å². The van der Waals surface area contributed by atoms with Gasteiger partial charge in [-0.25, -0.2) is 0 Å². The zero-order valence-electron chi connectivity index (χ0n) is 10.4. The summed E-state index contributed by atoms with van der Waals surface area (Å²) in [7, 11) is 0. The zero-order valence-corrected chi connectivity index (χ0v) is 14.3. The fraction of sp³-hybridized carbons (Fsp3) is 0.286. The van der Waals surface area contributed by atoms with Crippen LogP contribution in [0.2, 0.25) is 10.0 Å². The van der Waals surface area contributed by atoms with E-state index in [1.165, 1.54) is 4.88 Å². The van der Waals surface area contributed by atoms with Crippen LogP contribution in [0.5, 0.6) is 0 Å². The van der Waals surface area contributed by atoms with Crippen molar-refractivity contribution in [3.63, 3.8) is 0 Å². The van der Waals surface area contributed by atoms with E-state index in [1.807, 2.05) is 18.2 Å². The molecule has 5 heteroatoms. The maximum atomic E-state index is 6.25. The first-order valence-electron chi connectivity index (χ1n) is 6.02. The molecule has 0 saturated heterocycles. The molecule has 0 aliphatic heterocycles. The maximum Gasteiger partial charge on any atom is 0.0457 e. The topological polar surface area (TPSA) is 12.0 Å². The Labute approximate surface area is 136 Å². The lowest BCUT2D eigenvalue weighted by Gasteiger charge is -2.18. The largest absolute Gasteiger partial charge is 0.309 e. The summed E-state index contributed by atoms with van der Waals surface area (Å²) < 4.78 is 1.11. The van der Waals surface area contributed by atoms with Crippen LogP contribution in [0.4, 0.5) is 0 Å². The summed E-state index contributed by atoms with van der Waals surface area (Å²) in [6.07, 6.45) is 0.791. The minimum Gasteiger partial charge on any atom is -0.309 e. The third kappa shape index (κ3) is 3.96. The maximum absolute atomic E-state index is 6.25. The lowest BCUT2D eigenvalue weighted by atomic mass is 10.0. The Hall–Kier alpha value is -0.0600. The van der Waals surface area contributed by atoms with Crippen LogP contribution in [-0.2, 0) is 6.42 Å². The lowest BCUT2D eigenvalue weighted by molar-refractivity contribution is 0.558. The molecule has 2 aromatic rings. The van der Waals surface area contributed by atoms with E-state index < -0.39 is 0 Å². The predicted molar refractivity (Wildman–Crippen MR) is 88.6 cm³/mol. The van der Waals surface area contributed by atoms with Crippen LogP contribution < -0.4 is 5.32 Å². The summed E-state index contributed by atoms with van der Waals surface area (Å²) in [6, 6.07) is 8.02. The molecule has 1 heterocycles. The first-order chi connectivity index (χ1) is 9.11. The fourth-order valence-electron chi connectivity index (χ4n) is 1.96. The Bertz CT molecular complexity index is 536. The van der Waals surface area contributed by atoms with E-state index in [1.54, 1.807) is 11.3 Å². The highest BCUT2D eigenvalue weighted by molar-refractivity contribution is 9.10. The summed E-state index contributed by atoms with van der Waals surface area (Å²) in [4.78, 5) is 1.28. The minimum absolute atomic E-state index is 0.235. The Morgan fingerprint density at radius 2 is 2.00 bits per heavy atom. The quantitative estimate of drug-likeness (QED) is 0.702. The average molecular weight is 379 g/mol. The van der Waals surface area contributed by atoms with Crippen molar-refractivity contribution in [3.05, 3.63) is 54.6 Å². The number of nitrogens with one attached hydrogen (secondary N) is 1. The molecule has 1 nitrogen and oxygen atoms in total. The molecule has 0 radical (unpaired) electrons.